The van der Waals surface area contributed by atoms with E-state index in [1.54, 1.807) is 6.08 Å². The molecule has 10 heteroatoms. The highest BCUT2D eigenvalue weighted by atomic mass is 16.5. The van der Waals surface area contributed by atoms with Crippen molar-refractivity contribution in [3.8, 4) is 22.8 Å². The number of nitrogens with two attached hydrogens (primary N) is 1. The number of carbonyl (C=O) groups excluding carboxylic acids is 1. The Hall–Kier alpha value is -4.28. The van der Waals surface area contributed by atoms with Crippen molar-refractivity contribution in [3.05, 3.63) is 73.1 Å². The molecule has 2 aromatic heterocycles. The predicted octanol–water partition coefficient (Wildman–Crippen LogP) is 4.08. The maximum Gasteiger partial charge on any atom is 0.246 e. The SMILES string of the molecule is CN(C)CCN(C)C/C=C/C(=O)N1CCCC(n2nc(-c3ccc(Oc4ccccc4)cc3)c3c(N)ncnc32)C1. The molecule has 0 bridgehead atoms. The topological polar surface area (TPSA) is 106 Å². The number of piperidine rings is 1. The van der Waals surface area contributed by atoms with E-state index in [1.807, 2.05) is 70.3 Å². The van der Waals surface area contributed by atoms with E-state index >= 15 is 0 Å². The van der Waals surface area contributed by atoms with Gasteiger partial charge in [0.25, 0.3) is 0 Å². The molecule has 1 fully saturated rings. The molecular weight excluding hydrogens is 516 g/mol. The Morgan fingerprint density at radius 1 is 1.05 bits per heavy atom. The molecule has 1 atom stereocenters. The molecule has 1 amide bonds. The number of anilines is 1. The number of hydrogen-bond acceptors (Lipinski definition) is 8. The predicted molar refractivity (Wildman–Crippen MR) is 162 cm³/mol. The van der Waals surface area contributed by atoms with E-state index in [-0.39, 0.29) is 11.9 Å². The molecule has 3 heterocycles. The first-order valence-corrected chi connectivity index (χ1v) is 14.0. The van der Waals surface area contributed by atoms with Crippen LogP contribution in [0.5, 0.6) is 11.5 Å². The van der Waals surface area contributed by atoms with Crippen LogP contribution in [-0.2, 0) is 4.79 Å². The molecule has 1 unspecified atom stereocenters. The lowest BCUT2D eigenvalue weighted by Gasteiger charge is -2.32. The van der Waals surface area contributed by atoms with Crippen molar-refractivity contribution >= 4 is 22.8 Å². The van der Waals surface area contributed by atoms with Gasteiger partial charge in [-0.2, -0.15) is 5.10 Å². The van der Waals surface area contributed by atoms with Gasteiger partial charge < -0.3 is 25.2 Å². The van der Waals surface area contributed by atoms with Crippen molar-refractivity contribution in [2.24, 2.45) is 0 Å². The zero-order valence-electron chi connectivity index (χ0n) is 24.0. The number of rotatable bonds is 10. The second-order valence-corrected chi connectivity index (χ2v) is 10.7. The average molecular weight is 555 g/mol. The van der Waals surface area contributed by atoms with E-state index < -0.39 is 0 Å². The number of ether oxygens (including phenoxy) is 1. The molecule has 0 saturated carbocycles. The van der Waals surface area contributed by atoms with Gasteiger partial charge in [0.2, 0.25) is 5.91 Å². The highest BCUT2D eigenvalue weighted by molar-refractivity contribution is 5.98. The van der Waals surface area contributed by atoms with Crippen LogP contribution in [0.4, 0.5) is 5.82 Å². The van der Waals surface area contributed by atoms with Gasteiger partial charge in [-0.25, -0.2) is 14.6 Å². The Balaban J connectivity index is 1.33. The summed E-state index contributed by atoms with van der Waals surface area (Å²) < 4.78 is 7.88. The number of likely N-dealkylation sites (N-methyl/N-ethyl adjacent to an activating group) is 2. The smallest absolute Gasteiger partial charge is 0.246 e. The number of nitrogens with zero attached hydrogens (tertiary/aromatic N) is 7. The van der Waals surface area contributed by atoms with Gasteiger partial charge in [0.05, 0.1) is 11.4 Å². The zero-order valence-corrected chi connectivity index (χ0v) is 24.0. The molecule has 10 nitrogen and oxygen atoms in total. The summed E-state index contributed by atoms with van der Waals surface area (Å²) in [5, 5.41) is 5.71. The normalized spacial score (nSPS) is 15.8. The fourth-order valence-corrected chi connectivity index (χ4v) is 5.01. The average Bonchev–Trinajstić information content (AvgIpc) is 3.38. The molecule has 214 valence electrons. The number of para-hydroxylation sites is 1. The van der Waals surface area contributed by atoms with Gasteiger partial charge in [-0.1, -0.05) is 24.3 Å². The number of aromatic nitrogens is 4. The minimum atomic E-state index is -0.0184. The van der Waals surface area contributed by atoms with Gasteiger partial charge in [-0.05, 0) is 70.4 Å². The molecule has 5 rings (SSSR count). The summed E-state index contributed by atoms with van der Waals surface area (Å²) >= 11 is 0. The van der Waals surface area contributed by atoms with Crippen LogP contribution in [0.15, 0.2) is 73.1 Å². The van der Waals surface area contributed by atoms with Crippen LogP contribution in [0, 0.1) is 0 Å². The standard InChI is InChI=1S/C31H38N8O2/c1-36(2)19-20-37(3)17-8-12-27(40)38-18-7-9-24(21-38)39-31-28(30(32)33-22-34-31)29(35-39)23-13-15-26(16-14-23)41-25-10-5-4-6-11-25/h4-6,8,10-16,22,24H,7,9,17-21H2,1-3H3,(H2,32,33,34)/b12-8+. The summed E-state index contributed by atoms with van der Waals surface area (Å²) in [4.78, 5) is 28.1. The third-order valence-electron chi connectivity index (χ3n) is 7.29. The maximum absolute atomic E-state index is 13.1. The van der Waals surface area contributed by atoms with Crippen LogP contribution < -0.4 is 10.5 Å². The molecule has 0 radical (unpaired) electrons. The third kappa shape index (κ3) is 6.90. The minimum Gasteiger partial charge on any atom is -0.457 e. The Labute approximate surface area is 241 Å². The Morgan fingerprint density at radius 2 is 1.80 bits per heavy atom. The largest absolute Gasteiger partial charge is 0.457 e. The monoisotopic (exact) mass is 554 g/mol. The lowest BCUT2D eigenvalue weighted by Crippen LogP contribution is -2.40. The molecule has 4 aromatic rings. The summed E-state index contributed by atoms with van der Waals surface area (Å²) in [6.07, 6.45) is 6.89. The molecule has 2 aromatic carbocycles. The van der Waals surface area contributed by atoms with E-state index in [1.165, 1.54) is 6.33 Å². The molecule has 0 spiro atoms. The number of benzene rings is 2. The second-order valence-electron chi connectivity index (χ2n) is 10.7. The fraction of sp³-hybridized carbons (Fsp3) is 0.355. The molecular formula is C31H38N8O2. The van der Waals surface area contributed by atoms with Crippen molar-refractivity contribution < 1.29 is 9.53 Å². The molecule has 1 aliphatic heterocycles. The first-order chi connectivity index (χ1) is 19.9. The van der Waals surface area contributed by atoms with Crippen molar-refractivity contribution in [2.45, 2.75) is 18.9 Å². The summed E-state index contributed by atoms with van der Waals surface area (Å²) in [7, 11) is 6.18. The lowest BCUT2D eigenvalue weighted by molar-refractivity contribution is -0.127. The number of hydrogen-bond donors (Lipinski definition) is 1. The number of amides is 1. The summed E-state index contributed by atoms with van der Waals surface area (Å²) in [5.74, 6) is 1.91. The molecule has 1 saturated heterocycles. The highest BCUT2D eigenvalue weighted by Gasteiger charge is 2.28. The quantitative estimate of drug-likeness (QED) is 0.293. The van der Waals surface area contributed by atoms with Crippen LogP contribution >= 0.6 is 0 Å². The van der Waals surface area contributed by atoms with Crippen LogP contribution in [-0.4, -0.2) is 94.2 Å². The Kier molecular flexibility index (Phi) is 8.91. The van der Waals surface area contributed by atoms with Gasteiger partial charge in [0.1, 0.15) is 29.3 Å². The van der Waals surface area contributed by atoms with Gasteiger partial charge in [-0.15, -0.1) is 0 Å². The fourth-order valence-electron chi connectivity index (χ4n) is 5.01. The first kappa shape index (κ1) is 28.3. The third-order valence-corrected chi connectivity index (χ3v) is 7.29. The minimum absolute atomic E-state index is 0.0184. The van der Waals surface area contributed by atoms with E-state index in [9.17, 15) is 4.79 Å². The van der Waals surface area contributed by atoms with Crippen LogP contribution in [0.2, 0.25) is 0 Å². The van der Waals surface area contributed by atoms with Gasteiger partial charge >= 0.3 is 0 Å². The van der Waals surface area contributed by atoms with E-state index in [0.717, 1.165) is 56.1 Å². The zero-order chi connectivity index (χ0) is 28.8. The van der Waals surface area contributed by atoms with Crippen LogP contribution in [0.1, 0.15) is 18.9 Å². The van der Waals surface area contributed by atoms with Gasteiger partial charge in [-0.3, -0.25) is 4.79 Å². The Morgan fingerprint density at radius 3 is 2.56 bits per heavy atom. The van der Waals surface area contributed by atoms with E-state index in [2.05, 4.69) is 40.9 Å². The van der Waals surface area contributed by atoms with Crippen molar-refractivity contribution in [1.82, 2.24) is 34.4 Å². The van der Waals surface area contributed by atoms with Crippen molar-refractivity contribution in [2.75, 3.05) is 59.6 Å². The maximum atomic E-state index is 13.1. The van der Waals surface area contributed by atoms with E-state index in [0.29, 0.717) is 29.1 Å². The summed E-state index contributed by atoms with van der Waals surface area (Å²) in [6.45, 7) is 3.94. The van der Waals surface area contributed by atoms with Crippen molar-refractivity contribution in [3.63, 3.8) is 0 Å². The van der Waals surface area contributed by atoms with Gasteiger partial charge in [0.15, 0.2) is 5.65 Å². The molecule has 2 N–H and O–H groups in total. The summed E-state index contributed by atoms with van der Waals surface area (Å²) in [6, 6.07) is 17.4. The Bertz CT molecular complexity index is 1480. The van der Waals surface area contributed by atoms with Crippen molar-refractivity contribution in [1.29, 1.82) is 0 Å². The molecule has 0 aliphatic carbocycles. The number of fused-ring (bicyclic) bond motifs is 1. The first-order valence-electron chi connectivity index (χ1n) is 14.0. The second kappa shape index (κ2) is 12.9. The van der Waals surface area contributed by atoms with E-state index in [4.69, 9.17) is 15.6 Å². The summed E-state index contributed by atoms with van der Waals surface area (Å²) in [5.41, 5.74) is 8.63. The number of nitrogen functional groups attached to an aromatic ring is 1. The number of likely N-dealkylation sites (tertiary alicyclic amines) is 1. The molecule has 1 aliphatic rings. The lowest BCUT2D eigenvalue weighted by atomic mass is 10.1. The van der Waals surface area contributed by atoms with Crippen LogP contribution in [0.25, 0.3) is 22.3 Å². The van der Waals surface area contributed by atoms with Gasteiger partial charge in [0, 0.05) is 44.4 Å². The number of carbonyl (C=O) groups is 1. The molecule has 41 heavy (non-hydrogen) atoms. The van der Waals surface area contributed by atoms with Crippen LogP contribution in [0.3, 0.4) is 0 Å². The highest BCUT2D eigenvalue weighted by Crippen LogP contribution is 2.34.